The smallest absolute Gasteiger partial charge is 0.205 e. The molecule has 1 aliphatic heterocycles. The molecule has 5 nitrogen and oxygen atoms in total. The Morgan fingerprint density at radius 2 is 1.76 bits per heavy atom. The monoisotopic (exact) mass is 386 g/mol. The summed E-state index contributed by atoms with van der Waals surface area (Å²) in [4.78, 5) is 0. The van der Waals surface area contributed by atoms with Crippen molar-refractivity contribution in [3.05, 3.63) is 77.2 Å². The maximum Gasteiger partial charge on any atom is 0.205 e. The van der Waals surface area contributed by atoms with Crippen LogP contribution >= 0.6 is 0 Å². The van der Waals surface area contributed by atoms with Gasteiger partial charge in [-0.3, -0.25) is 0 Å². The molecular weight excluding hydrogens is 364 g/mol. The van der Waals surface area contributed by atoms with Gasteiger partial charge in [0, 0.05) is 10.9 Å². The number of hydrogen-bond donors (Lipinski definition) is 1. The van der Waals surface area contributed by atoms with Crippen molar-refractivity contribution in [1.82, 2.24) is 0 Å². The van der Waals surface area contributed by atoms with Crippen LogP contribution in [0.4, 0.5) is 0 Å². The summed E-state index contributed by atoms with van der Waals surface area (Å²) >= 11 is 0. The van der Waals surface area contributed by atoms with E-state index in [4.69, 9.17) is 19.9 Å². The highest BCUT2D eigenvalue weighted by molar-refractivity contribution is 5.91. The van der Waals surface area contributed by atoms with E-state index in [0.29, 0.717) is 36.0 Å². The minimum Gasteiger partial charge on any atom is -0.490 e. The van der Waals surface area contributed by atoms with Crippen LogP contribution in [-0.2, 0) is 0 Å². The van der Waals surface area contributed by atoms with E-state index >= 15 is 0 Å². The SMILES string of the molecule is CCOc1ccc(C2C(C#N)=C(N)Oc3c2ccc2ccccc32)cc1OCC. The Morgan fingerprint density at radius 1 is 1.00 bits per heavy atom. The molecule has 29 heavy (non-hydrogen) atoms. The minimum atomic E-state index is -0.344. The summed E-state index contributed by atoms with van der Waals surface area (Å²) in [7, 11) is 0. The molecule has 0 saturated heterocycles. The molecule has 5 heteroatoms. The minimum absolute atomic E-state index is 0.133. The summed E-state index contributed by atoms with van der Waals surface area (Å²) in [6.45, 7) is 4.92. The van der Waals surface area contributed by atoms with E-state index in [-0.39, 0.29) is 11.8 Å². The summed E-state index contributed by atoms with van der Waals surface area (Å²) in [5, 5.41) is 11.8. The summed E-state index contributed by atoms with van der Waals surface area (Å²) in [5.74, 6) is 1.81. The fraction of sp³-hybridized carbons (Fsp3) is 0.208. The fourth-order valence-electron chi connectivity index (χ4n) is 3.78. The van der Waals surface area contributed by atoms with Crippen LogP contribution in [0.25, 0.3) is 10.8 Å². The lowest BCUT2D eigenvalue weighted by Gasteiger charge is -2.28. The van der Waals surface area contributed by atoms with Crippen LogP contribution in [0.1, 0.15) is 30.9 Å². The number of allylic oxidation sites excluding steroid dienone is 1. The van der Waals surface area contributed by atoms with Gasteiger partial charge in [-0.15, -0.1) is 0 Å². The number of nitrogens with two attached hydrogens (primary N) is 1. The van der Waals surface area contributed by atoms with Crippen molar-refractivity contribution < 1.29 is 14.2 Å². The number of fused-ring (bicyclic) bond motifs is 3. The predicted octanol–water partition coefficient (Wildman–Crippen LogP) is 4.86. The molecule has 0 aliphatic carbocycles. The molecular formula is C24H22N2O3. The van der Waals surface area contributed by atoms with Gasteiger partial charge in [-0.2, -0.15) is 5.26 Å². The average molecular weight is 386 g/mol. The van der Waals surface area contributed by atoms with Crippen molar-refractivity contribution in [2.24, 2.45) is 5.73 Å². The quantitative estimate of drug-likeness (QED) is 0.678. The van der Waals surface area contributed by atoms with Gasteiger partial charge in [0.2, 0.25) is 5.88 Å². The standard InChI is InChI=1S/C24H22N2O3/c1-3-27-20-12-10-16(13-21(20)28-4-2)22-18-11-9-15-7-5-6-8-17(15)23(18)29-24(26)19(22)14-25/h5-13,22H,3-4,26H2,1-2H3. The molecule has 2 N–H and O–H groups in total. The van der Waals surface area contributed by atoms with Crippen molar-refractivity contribution in [3.8, 4) is 23.3 Å². The first-order chi connectivity index (χ1) is 14.2. The lowest BCUT2D eigenvalue weighted by Crippen LogP contribution is -2.21. The maximum atomic E-state index is 9.82. The zero-order valence-electron chi connectivity index (χ0n) is 16.4. The molecule has 3 aromatic carbocycles. The van der Waals surface area contributed by atoms with Crippen LogP contribution in [0.15, 0.2) is 66.1 Å². The van der Waals surface area contributed by atoms with Crippen LogP contribution < -0.4 is 19.9 Å². The van der Waals surface area contributed by atoms with Crippen molar-refractivity contribution in [2.75, 3.05) is 13.2 Å². The molecule has 146 valence electrons. The molecule has 1 unspecified atom stereocenters. The highest BCUT2D eigenvalue weighted by atomic mass is 16.5. The molecule has 1 aliphatic rings. The van der Waals surface area contributed by atoms with Gasteiger partial charge in [-0.05, 0) is 36.9 Å². The molecule has 3 aromatic rings. The van der Waals surface area contributed by atoms with Crippen LogP contribution in [-0.4, -0.2) is 13.2 Å². The highest BCUT2D eigenvalue weighted by Gasteiger charge is 2.32. The number of ether oxygens (including phenoxy) is 3. The number of nitriles is 1. The Balaban J connectivity index is 1.92. The second-order valence-corrected chi connectivity index (χ2v) is 6.70. The van der Waals surface area contributed by atoms with Gasteiger partial charge < -0.3 is 19.9 Å². The van der Waals surface area contributed by atoms with Gasteiger partial charge in [0.25, 0.3) is 0 Å². The first-order valence-corrected chi connectivity index (χ1v) is 9.66. The molecule has 0 fully saturated rings. The first-order valence-electron chi connectivity index (χ1n) is 9.66. The van der Waals surface area contributed by atoms with E-state index in [9.17, 15) is 5.26 Å². The summed E-state index contributed by atoms with van der Waals surface area (Å²) in [6, 6.07) is 20.0. The van der Waals surface area contributed by atoms with E-state index in [1.165, 1.54) is 0 Å². The molecule has 0 amide bonds. The first kappa shape index (κ1) is 18.7. The Bertz CT molecular complexity index is 1140. The van der Waals surface area contributed by atoms with E-state index in [2.05, 4.69) is 6.07 Å². The number of benzene rings is 3. The normalized spacial score (nSPS) is 15.4. The van der Waals surface area contributed by atoms with E-state index in [0.717, 1.165) is 21.9 Å². The molecule has 0 bridgehead atoms. The van der Waals surface area contributed by atoms with Gasteiger partial charge in [-0.25, -0.2) is 0 Å². The van der Waals surface area contributed by atoms with Crippen LogP contribution in [0, 0.1) is 11.3 Å². The Morgan fingerprint density at radius 3 is 2.52 bits per heavy atom. The second kappa shape index (κ2) is 7.76. The summed E-state index contributed by atoms with van der Waals surface area (Å²) < 4.78 is 17.4. The summed E-state index contributed by atoms with van der Waals surface area (Å²) in [6.07, 6.45) is 0. The van der Waals surface area contributed by atoms with Crippen LogP contribution in [0.2, 0.25) is 0 Å². The second-order valence-electron chi connectivity index (χ2n) is 6.70. The topological polar surface area (TPSA) is 77.5 Å². The van der Waals surface area contributed by atoms with E-state index in [1.807, 2.05) is 68.4 Å². The van der Waals surface area contributed by atoms with E-state index < -0.39 is 0 Å². The lowest BCUT2D eigenvalue weighted by molar-refractivity contribution is 0.287. The van der Waals surface area contributed by atoms with Crippen molar-refractivity contribution >= 4 is 10.8 Å². The molecule has 1 atom stereocenters. The third kappa shape index (κ3) is 3.23. The van der Waals surface area contributed by atoms with Gasteiger partial charge in [0.05, 0.1) is 19.1 Å². The molecule has 0 radical (unpaired) electrons. The molecule has 0 saturated carbocycles. The summed E-state index contributed by atoms with van der Waals surface area (Å²) in [5.41, 5.74) is 8.37. The van der Waals surface area contributed by atoms with Crippen LogP contribution in [0.5, 0.6) is 17.2 Å². The fourth-order valence-corrected chi connectivity index (χ4v) is 3.78. The van der Waals surface area contributed by atoms with Gasteiger partial charge in [0.1, 0.15) is 17.4 Å². The molecule has 1 heterocycles. The van der Waals surface area contributed by atoms with Crippen molar-refractivity contribution in [3.63, 3.8) is 0 Å². The third-order valence-electron chi connectivity index (χ3n) is 5.01. The molecule has 4 rings (SSSR count). The number of hydrogen-bond acceptors (Lipinski definition) is 5. The Labute approximate surface area is 169 Å². The van der Waals surface area contributed by atoms with Gasteiger partial charge in [0.15, 0.2) is 11.5 Å². The highest BCUT2D eigenvalue weighted by Crippen LogP contribution is 2.46. The van der Waals surface area contributed by atoms with Crippen LogP contribution in [0.3, 0.4) is 0 Å². The molecule has 0 aromatic heterocycles. The maximum absolute atomic E-state index is 9.82. The predicted molar refractivity (Wildman–Crippen MR) is 112 cm³/mol. The average Bonchev–Trinajstić information content (AvgIpc) is 2.74. The Hall–Kier alpha value is -3.65. The van der Waals surface area contributed by atoms with Gasteiger partial charge in [-0.1, -0.05) is 42.5 Å². The lowest BCUT2D eigenvalue weighted by atomic mass is 9.82. The Kier molecular flexibility index (Phi) is 5.01. The number of nitrogens with zero attached hydrogens (tertiary/aromatic N) is 1. The number of rotatable bonds is 5. The van der Waals surface area contributed by atoms with E-state index in [1.54, 1.807) is 0 Å². The third-order valence-corrected chi connectivity index (χ3v) is 5.01. The van der Waals surface area contributed by atoms with Gasteiger partial charge >= 0.3 is 0 Å². The zero-order valence-corrected chi connectivity index (χ0v) is 16.4. The van der Waals surface area contributed by atoms with Crippen molar-refractivity contribution in [2.45, 2.75) is 19.8 Å². The molecule has 0 spiro atoms. The zero-order chi connectivity index (χ0) is 20.4. The largest absolute Gasteiger partial charge is 0.490 e. The van der Waals surface area contributed by atoms with Crippen molar-refractivity contribution in [1.29, 1.82) is 5.26 Å².